The summed E-state index contributed by atoms with van der Waals surface area (Å²) in [6.45, 7) is 4.78. The summed E-state index contributed by atoms with van der Waals surface area (Å²) in [6.07, 6.45) is 0.272. The van der Waals surface area contributed by atoms with Gasteiger partial charge in [-0.1, -0.05) is 18.2 Å². The number of hydrogen-bond acceptors (Lipinski definition) is 4. The number of hydrogen-bond donors (Lipinski definition) is 2. The second-order valence-corrected chi connectivity index (χ2v) is 6.27. The van der Waals surface area contributed by atoms with Gasteiger partial charge in [0.1, 0.15) is 0 Å². The number of rotatable bonds is 6. The Morgan fingerprint density at radius 3 is 2.32 bits per heavy atom. The van der Waals surface area contributed by atoms with Crippen molar-refractivity contribution >= 4 is 17.7 Å². The van der Waals surface area contributed by atoms with E-state index in [1.165, 1.54) is 0 Å². The van der Waals surface area contributed by atoms with Crippen LogP contribution in [0.25, 0.3) is 0 Å². The molecule has 0 aliphatic carbocycles. The lowest BCUT2D eigenvalue weighted by atomic mass is 10.1. The summed E-state index contributed by atoms with van der Waals surface area (Å²) in [4.78, 5) is 39.7. The Morgan fingerprint density at radius 1 is 1.08 bits per heavy atom. The first-order valence-corrected chi connectivity index (χ1v) is 8.56. The van der Waals surface area contributed by atoms with Crippen LogP contribution in [0.2, 0.25) is 0 Å². The molecule has 0 spiro atoms. The SMILES string of the molecule is CNC(=O)CN1CCN(C(=O)CC(C)NC(=O)c2ccccc2)CC1. The summed E-state index contributed by atoms with van der Waals surface area (Å²) in [5, 5.41) is 5.46. The van der Waals surface area contributed by atoms with Crippen molar-refractivity contribution in [1.82, 2.24) is 20.4 Å². The largest absolute Gasteiger partial charge is 0.358 e. The quantitative estimate of drug-likeness (QED) is 0.765. The smallest absolute Gasteiger partial charge is 0.251 e. The van der Waals surface area contributed by atoms with Gasteiger partial charge in [-0.3, -0.25) is 19.3 Å². The van der Waals surface area contributed by atoms with Crippen LogP contribution in [0.5, 0.6) is 0 Å². The Hall–Kier alpha value is -2.41. The predicted molar refractivity (Wildman–Crippen MR) is 95.1 cm³/mol. The van der Waals surface area contributed by atoms with Gasteiger partial charge in [0, 0.05) is 51.3 Å². The van der Waals surface area contributed by atoms with E-state index in [0.29, 0.717) is 38.3 Å². The van der Waals surface area contributed by atoms with Gasteiger partial charge in [0.2, 0.25) is 11.8 Å². The Kier molecular flexibility index (Phi) is 6.94. The van der Waals surface area contributed by atoms with Crippen LogP contribution in [0, 0.1) is 0 Å². The van der Waals surface area contributed by atoms with E-state index in [0.717, 1.165) is 0 Å². The normalized spacial score (nSPS) is 16.2. The Morgan fingerprint density at radius 2 is 1.72 bits per heavy atom. The van der Waals surface area contributed by atoms with Crippen molar-refractivity contribution in [2.75, 3.05) is 39.8 Å². The number of nitrogens with one attached hydrogen (secondary N) is 2. The first kappa shape index (κ1) is 18.9. The van der Waals surface area contributed by atoms with Crippen LogP contribution < -0.4 is 10.6 Å². The van der Waals surface area contributed by atoms with Crippen molar-refractivity contribution in [2.45, 2.75) is 19.4 Å². The van der Waals surface area contributed by atoms with Gasteiger partial charge in [-0.25, -0.2) is 0 Å². The number of nitrogens with zero attached hydrogens (tertiary/aromatic N) is 2. The van der Waals surface area contributed by atoms with E-state index >= 15 is 0 Å². The number of benzene rings is 1. The molecule has 1 aromatic carbocycles. The fourth-order valence-electron chi connectivity index (χ4n) is 2.78. The molecule has 7 heteroatoms. The van der Waals surface area contributed by atoms with Crippen molar-refractivity contribution in [3.05, 3.63) is 35.9 Å². The molecule has 1 heterocycles. The molecular formula is C18H26N4O3. The number of amides is 3. The van der Waals surface area contributed by atoms with Gasteiger partial charge in [-0.15, -0.1) is 0 Å². The molecule has 1 unspecified atom stereocenters. The summed E-state index contributed by atoms with van der Waals surface area (Å²) >= 11 is 0. The second-order valence-electron chi connectivity index (χ2n) is 6.27. The van der Waals surface area contributed by atoms with Crippen LogP contribution >= 0.6 is 0 Å². The summed E-state index contributed by atoms with van der Waals surface area (Å²) in [6, 6.07) is 8.73. The Balaban J connectivity index is 1.74. The molecule has 2 rings (SSSR count). The van der Waals surface area contributed by atoms with Crippen LogP contribution in [-0.4, -0.2) is 73.3 Å². The third-order valence-electron chi connectivity index (χ3n) is 4.27. The number of piperazine rings is 1. The zero-order chi connectivity index (χ0) is 18.2. The highest BCUT2D eigenvalue weighted by Crippen LogP contribution is 2.06. The van der Waals surface area contributed by atoms with Crippen molar-refractivity contribution in [1.29, 1.82) is 0 Å². The van der Waals surface area contributed by atoms with E-state index in [2.05, 4.69) is 10.6 Å². The molecule has 25 heavy (non-hydrogen) atoms. The van der Waals surface area contributed by atoms with Crippen molar-refractivity contribution in [2.24, 2.45) is 0 Å². The number of carbonyl (C=O) groups is 3. The zero-order valence-electron chi connectivity index (χ0n) is 14.8. The Labute approximate surface area is 148 Å². The minimum absolute atomic E-state index is 0.0166. The first-order chi connectivity index (χ1) is 12.0. The average molecular weight is 346 g/mol. The summed E-state index contributed by atoms with van der Waals surface area (Å²) < 4.78 is 0. The highest BCUT2D eigenvalue weighted by Gasteiger charge is 2.23. The van der Waals surface area contributed by atoms with Crippen LogP contribution in [0.1, 0.15) is 23.7 Å². The highest BCUT2D eigenvalue weighted by atomic mass is 16.2. The minimum atomic E-state index is -0.232. The van der Waals surface area contributed by atoms with E-state index in [9.17, 15) is 14.4 Å². The molecule has 3 amide bonds. The molecule has 0 saturated carbocycles. The molecule has 1 aliphatic rings. The van der Waals surface area contributed by atoms with Crippen LogP contribution in [0.3, 0.4) is 0 Å². The molecule has 0 radical (unpaired) electrons. The second kappa shape index (κ2) is 9.17. The van der Waals surface area contributed by atoms with Crippen LogP contribution in [0.4, 0.5) is 0 Å². The zero-order valence-corrected chi connectivity index (χ0v) is 14.8. The van der Waals surface area contributed by atoms with Gasteiger partial charge in [0.25, 0.3) is 5.91 Å². The third kappa shape index (κ3) is 5.86. The maximum absolute atomic E-state index is 12.4. The molecule has 0 bridgehead atoms. The van der Waals surface area contributed by atoms with Crippen molar-refractivity contribution in [3.63, 3.8) is 0 Å². The minimum Gasteiger partial charge on any atom is -0.358 e. The van der Waals surface area contributed by atoms with E-state index in [1.807, 2.05) is 30.0 Å². The van der Waals surface area contributed by atoms with Gasteiger partial charge in [-0.2, -0.15) is 0 Å². The lowest BCUT2D eigenvalue weighted by Crippen LogP contribution is -2.51. The lowest BCUT2D eigenvalue weighted by molar-refractivity contribution is -0.133. The van der Waals surface area contributed by atoms with E-state index < -0.39 is 0 Å². The molecule has 1 aromatic rings. The predicted octanol–water partition coefficient (Wildman–Crippen LogP) is 0.0852. The maximum atomic E-state index is 12.4. The topological polar surface area (TPSA) is 81.8 Å². The summed E-state index contributed by atoms with van der Waals surface area (Å²) in [5.41, 5.74) is 0.588. The molecule has 2 N–H and O–H groups in total. The molecule has 0 aromatic heterocycles. The van der Waals surface area contributed by atoms with Crippen LogP contribution in [0.15, 0.2) is 30.3 Å². The molecular weight excluding hydrogens is 320 g/mol. The fraction of sp³-hybridized carbons (Fsp3) is 0.500. The number of likely N-dealkylation sites (N-methyl/N-ethyl adjacent to an activating group) is 1. The van der Waals surface area contributed by atoms with Crippen molar-refractivity contribution in [3.8, 4) is 0 Å². The summed E-state index contributed by atoms with van der Waals surface area (Å²) in [5.74, 6) is -0.159. The van der Waals surface area contributed by atoms with Crippen LogP contribution in [-0.2, 0) is 9.59 Å². The summed E-state index contributed by atoms with van der Waals surface area (Å²) in [7, 11) is 1.62. The van der Waals surface area contributed by atoms with Gasteiger partial charge < -0.3 is 15.5 Å². The molecule has 136 valence electrons. The molecule has 1 saturated heterocycles. The monoisotopic (exact) mass is 346 g/mol. The molecule has 1 fully saturated rings. The number of carbonyl (C=O) groups excluding carboxylic acids is 3. The van der Waals surface area contributed by atoms with Gasteiger partial charge in [-0.05, 0) is 19.1 Å². The van der Waals surface area contributed by atoms with Gasteiger partial charge in [0.15, 0.2) is 0 Å². The first-order valence-electron chi connectivity index (χ1n) is 8.56. The van der Waals surface area contributed by atoms with Gasteiger partial charge in [0.05, 0.1) is 6.54 Å². The maximum Gasteiger partial charge on any atom is 0.251 e. The lowest BCUT2D eigenvalue weighted by Gasteiger charge is -2.34. The van der Waals surface area contributed by atoms with E-state index in [-0.39, 0.29) is 30.2 Å². The fourth-order valence-corrected chi connectivity index (χ4v) is 2.78. The molecule has 1 atom stereocenters. The highest BCUT2D eigenvalue weighted by molar-refractivity contribution is 5.94. The standard InChI is InChI=1S/C18H26N4O3/c1-14(20-18(25)15-6-4-3-5-7-15)12-17(24)22-10-8-21(9-11-22)13-16(23)19-2/h3-7,14H,8-13H2,1-2H3,(H,19,23)(H,20,25). The van der Waals surface area contributed by atoms with Gasteiger partial charge >= 0.3 is 0 Å². The average Bonchev–Trinajstić information content (AvgIpc) is 2.62. The van der Waals surface area contributed by atoms with Crippen molar-refractivity contribution < 1.29 is 14.4 Å². The Bertz CT molecular complexity index is 598. The van der Waals surface area contributed by atoms with E-state index in [4.69, 9.17) is 0 Å². The van der Waals surface area contributed by atoms with E-state index in [1.54, 1.807) is 24.1 Å². The molecule has 7 nitrogen and oxygen atoms in total. The third-order valence-corrected chi connectivity index (χ3v) is 4.27. The molecule has 1 aliphatic heterocycles.